The number of carbonyl (C=O) groups excluding carboxylic acids is 2. The number of hydrogen-bond acceptors (Lipinski definition) is 3. The summed E-state index contributed by atoms with van der Waals surface area (Å²) in [5.41, 5.74) is 2.30. The van der Waals surface area contributed by atoms with Gasteiger partial charge in [0.05, 0.1) is 4.47 Å². The standard InChI is InChI=1S/C29H32BrFN2O3/c1-29(2,3)22-14-15-26(23(30)17-22)36-19-27(34)33(18-21-12-8-9-13-24(21)31)25(28(35)32-4)16-20-10-6-5-7-11-20/h5-15,17,25H,16,18-19H2,1-4H3,(H,32,35)/t25-/m0/s1. The Balaban J connectivity index is 1.88. The van der Waals surface area contributed by atoms with E-state index in [-0.39, 0.29) is 30.9 Å². The van der Waals surface area contributed by atoms with Gasteiger partial charge in [-0.3, -0.25) is 9.59 Å². The maximum absolute atomic E-state index is 14.5. The van der Waals surface area contributed by atoms with E-state index < -0.39 is 17.8 Å². The Kier molecular flexibility index (Phi) is 9.26. The van der Waals surface area contributed by atoms with Crippen LogP contribution in [0.3, 0.4) is 0 Å². The normalized spacial score (nSPS) is 12.1. The first-order valence-electron chi connectivity index (χ1n) is 11.8. The van der Waals surface area contributed by atoms with Crippen molar-refractivity contribution in [2.45, 2.75) is 45.2 Å². The van der Waals surface area contributed by atoms with Crippen LogP contribution in [-0.2, 0) is 28.0 Å². The minimum atomic E-state index is -0.847. The van der Waals surface area contributed by atoms with E-state index in [4.69, 9.17) is 4.74 Å². The van der Waals surface area contributed by atoms with Gasteiger partial charge in [-0.2, -0.15) is 0 Å². The fraction of sp³-hybridized carbons (Fsp3) is 0.310. The average molecular weight is 555 g/mol. The van der Waals surface area contributed by atoms with E-state index in [1.54, 1.807) is 18.2 Å². The van der Waals surface area contributed by atoms with E-state index in [1.807, 2.05) is 48.5 Å². The Morgan fingerprint density at radius 3 is 2.31 bits per heavy atom. The zero-order valence-electron chi connectivity index (χ0n) is 21.1. The van der Waals surface area contributed by atoms with E-state index in [9.17, 15) is 14.0 Å². The van der Waals surface area contributed by atoms with Gasteiger partial charge in [-0.05, 0) is 50.7 Å². The van der Waals surface area contributed by atoms with Gasteiger partial charge in [-0.25, -0.2) is 4.39 Å². The van der Waals surface area contributed by atoms with Crippen LogP contribution in [0.15, 0.2) is 77.3 Å². The first-order valence-corrected chi connectivity index (χ1v) is 12.6. The van der Waals surface area contributed by atoms with Gasteiger partial charge in [-0.15, -0.1) is 0 Å². The number of amides is 2. The molecule has 36 heavy (non-hydrogen) atoms. The summed E-state index contributed by atoms with van der Waals surface area (Å²) in [5, 5.41) is 2.65. The molecule has 0 saturated carbocycles. The highest BCUT2D eigenvalue weighted by molar-refractivity contribution is 9.10. The summed E-state index contributed by atoms with van der Waals surface area (Å²) in [5.74, 6) is -0.678. The molecule has 3 aromatic rings. The van der Waals surface area contributed by atoms with Gasteiger partial charge in [-0.1, -0.05) is 75.4 Å². The third-order valence-electron chi connectivity index (χ3n) is 5.97. The molecule has 0 saturated heterocycles. The zero-order valence-corrected chi connectivity index (χ0v) is 22.6. The third kappa shape index (κ3) is 7.17. The average Bonchev–Trinajstić information content (AvgIpc) is 2.85. The third-order valence-corrected chi connectivity index (χ3v) is 6.58. The lowest BCUT2D eigenvalue weighted by atomic mass is 9.87. The van der Waals surface area contributed by atoms with Crippen LogP contribution in [0, 0.1) is 5.82 Å². The second-order valence-corrected chi connectivity index (χ2v) is 10.5. The van der Waals surface area contributed by atoms with Crippen molar-refractivity contribution in [1.82, 2.24) is 10.2 Å². The van der Waals surface area contributed by atoms with Crippen LogP contribution in [0.25, 0.3) is 0 Å². The molecule has 0 bridgehead atoms. The second kappa shape index (κ2) is 12.2. The van der Waals surface area contributed by atoms with Crippen LogP contribution < -0.4 is 10.1 Å². The van der Waals surface area contributed by atoms with Crippen LogP contribution >= 0.6 is 15.9 Å². The smallest absolute Gasteiger partial charge is 0.261 e. The minimum Gasteiger partial charge on any atom is -0.483 e. The topological polar surface area (TPSA) is 58.6 Å². The molecule has 3 aromatic carbocycles. The molecule has 0 fully saturated rings. The molecule has 3 rings (SSSR count). The lowest BCUT2D eigenvalue weighted by Crippen LogP contribution is -2.51. The predicted molar refractivity (Wildman–Crippen MR) is 143 cm³/mol. The van der Waals surface area contributed by atoms with Gasteiger partial charge in [0.25, 0.3) is 5.91 Å². The molecule has 0 aromatic heterocycles. The predicted octanol–water partition coefficient (Wildman–Crippen LogP) is 5.65. The van der Waals surface area contributed by atoms with E-state index in [0.29, 0.717) is 11.3 Å². The van der Waals surface area contributed by atoms with Crippen molar-refractivity contribution in [2.75, 3.05) is 13.7 Å². The number of benzene rings is 3. The quantitative estimate of drug-likeness (QED) is 0.371. The Hall–Kier alpha value is -3.19. The van der Waals surface area contributed by atoms with Gasteiger partial charge in [0.2, 0.25) is 5.91 Å². The highest BCUT2D eigenvalue weighted by Crippen LogP contribution is 2.31. The molecule has 0 aliphatic heterocycles. The van der Waals surface area contributed by atoms with E-state index in [2.05, 4.69) is 42.0 Å². The Morgan fingerprint density at radius 2 is 1.69 bits per heavy atom. The molecule has 2 amide bonds. The fourth-order valence-electron chi connectivity index (χ4n) is 3.84. The molecule has 1 N–H and O–H groups in total. The number of hydrogen-bond donors (Lipinski definition) is 1. The Morgan fingerprint density at radius 1 is 1.03 bits per heavy atom. The first-order chi connectivity index (χ1) is 17.1. The van der Waals surface area contributed by atoms with Crippen molar-refractivity contribution in [3.8, 4) is 5.75 Å². The SMILES string of the molecule is CNC(=O)[C@H](Cc1ccccc1)N(Cc1ccccc1F)C(=O)COc1ccc(C(C)(C)C)cc1Br. The molecule has 1 atom stereocenters. The van der Waals surface area contributed by atoms with E-state index >= 15 is 0 Å². The van der Waals surface area contributed by atoms with Crippen LogP contribution in [0.4, 0.5) is 4.39 Å². The van der Waals surface area contributed by atoms with Crippen molar-refractivity contribution in [1.29, 1.82) is 0 Å². The van der Waals surface area contributed by atoms with Crippen molar-refractivity contribution in [3.05, 3.63) is 99.8 Å². The van der Waals surface area contributed by atoms with Gasteiger partial charge in [0.15, 0.2) is 6.61 Å². The number of rotatable bonds is 9. The van der Waals surface area contributed by atoms with Crippen molar-refractivity contribution in [3.63, 3.8) is 0 Å². The summed E-state index contributed by atoms with van der Waals surface area (Å²) in [4.78, 5) is 27.8. The molecule has 7 heteroatoms. The molecule has 190 valence electrons. The van der Waals surface area contributed by atoms with Crippen LogP contribution in [0.1, 0.15) is 37.5 Å². The van der Waals surface area contributed by atoms with Crippen molar-refractivity contribution < 1.29 is 18.7 Å². The van der Waals surface area contributed by atoms with Crippen LogP contribution in [0.5, 0.6) is 5.75 Å². The number of carbonyl (C=O) groups is 2. The van der Waals surface area contributed by atoms with Gasteiger partial charge in [0, 0.05) is 25.6 Å². The largest absolute Gasteiger partial charge is 0.483 e. The van der Waals surface area contributed by atoms with E-state index in [1.165, 1.54) is 18.0 Å². The molecule has 0 aliphatic rings. The maximum Gasteiger partial charge on any atom is 0.261 e. The highest BCUT2D eigenvalue weighted by Gasteiger charge is 2.31. The maximum atomic E-state index is 14.5. The number of nitrogens with one attached hydrogen (secondary N) is 1. The van der Waals surface area contributed by atoms with Crippen molar-refractivity contribution in [2.24, 2.45) is 0 Å². The summed E-state index contributed by atoms with van der Waals surface area (Å²) >= 11 is 3.53. The van der Waals surface area contributed by atoms with Gasteiger partial charge in [0.1, 0.15) is 17.6 Å². The van der Waals surface area contributed by atoms with Gasteiger partial charge < -0.3 is 15.0 Å². The Bertz CT molecular complexity index is 1190. The molecule has 0 radical (unpaired) electrons. The second-order valence-electron chi connectivity index (χ2n) is 9.62. The molecule has 0 heterocycles. The number of ether oxygens (including phenoxy) is 1. The lowest BCUT2D eigenvalue weighted by Gasteiger charge is -2.31. The Labute approximate surface area is 220 Å². The molecular formula is C29H32BrFN2O3. The van der Waals surface area contributed by atoms with E-state index in [0.717, 1.165) is 15.6 Å². The monoisotopic (exact) mass is 554 g/mol. The number of halogens is 2. The first kappa shape index (κ1) is 27.4. The zero-order chi connectivity index (χ0) is 26.3. The van der Waals surface area contributed by atoms with Gasteiger partial charge >= 0.3 is 0 Å². The van der Waals surface area contributed by atoms with Crippen LogP contribution in [0.2, 0.25) is 0 Å². The summed E-state index contributed by atoms with van der Waals surface area (Å²) < 4.78 is 21.1. The molecular weight excluding hydrogens is 523 g/mol. The molecule has 0 spiro atoms. The minimum absolute atomic E-state index is 0.0361. The molecule has 0 unspecified atom stereocenters. The summed E-state index contributed by atoms with van der Waals surface area (Å²) in [6.45, 7) is 5.98. The number of nitrogens with zero attached hydrogens (tertiary/aromatic N) is 1. The fourth-order valence-corrected chi connectivity index (χ4v) is 4.33. The molecule has 0 aliphatic carbocycles. The summed E-state index contributed by atoms with van der Waals surface area (Å²) in [6, 6.07) is 20.6. The van der Waals surface area contributed by atoms with Crippen molar-refractivity contribution >= 4 is 27.7 Å². The summed E-state index contributed by atoms with van der Waals surface area (Å²) in [6.07, 6.45) is 0.282. The molecule has 5 nitrogen and oxygen atoms in total. The van der Waals surface area contributed by atoms with Crippen LogP contribution in [-0.4, -0.2) is 36.4 Å². The lowest BCUT2D eigenvalue weighted by molar-refractivity contribution is -0.142. The number of likely N-dealkylation sites (N-methyl/N-ethyl adjacent to an activating group) is 1. The highest BCUT2D eigenvalue weighted by atomic mass is 79.9. The summed E-state index contributed by atoms with van der Waals surface area (Å²) in [7, 11) is 1.52.